The molecule has 29 heavy (non-hydrogen) atoms. The highest BCUT2D eigenvalue weighted by Gasteiger charge is 2.40. The highest BCUT2D eigenvalue weighted by atomic mass is 19.1. The monoisotopic (exact) mass is 386 g/mol. The summed E-state index contributed by atoms with van der Waals surface area (Å²) in [7, 11) is 0. The van der Waals surface area contributed by atoms with Gasteiger partial charge in [-0.25, -0.2) is 19.0 Å². The summed E-state index contributed by atoms with van der Waals surface area (Å²) in [6.07, 6.45) is 1.41. The van der Waals surface area contributed by atoms with Gasteiger partial charge in [-0.3, -0.25) is 9.59 Å². The fourth-order valence-corrected chi connectivity index (χ4v) is 3.72. The van der Waals surface area contributed by atoms with Gasteiger partial charge >= 0.3 is 0 Å². The van der Waals surface area contributed by atoms with Crippen molar-refractivity contribution < 1.29 is 14.0 Å². The Morgan fingerprint density at radius 3 is 2.41 bits per heavy atom. The molecule has 6 nitrogen and oxygen atoms in total. The molecule has 5 rings (SSSR count). The van der Waals surface area contributed by atoms with Gasteiger partial charge in [0.05, 0.1) is 33.6 Å². The van der Waals surface area contributed by atoms with Gasteiger partial charge in [-0.1, -0.05) is 12.1 Å². The first-order chi connectivity index (χ1) is 14.0. The normalized spacial score (nSPS) is 13.4. The molecule has 0 N–H and O–H groups in total. The van der Waals surface area contributed by atoms with Crippen LogP contribution >= 0.6 is 0 Å². The standard InChI is InChI=1S/C22H15FN4O2/c1-12-4-3-5-16(10-12)26-21(28)17-11-24-20-18(19(17)22(26)29)13(2)25-27(20)15-8-6-14(23)7-9-15/h3-11H,1-2H3. The van der Waals surface area contributed by atoms with Crippen LogP contribution < -0.4 is 4.90 Å². The van der Waals surface area contributed by atoms with Crippen LogP contribution in [0.2, 0.25) is 0 Å². The van der Waals surface area contributed by atoms with Crippen LogP contribution in [0.1, 0.15) is 32.0 Å². The second-order valence-corrected chi connectivity index (χ2v) is 7.00. The first kappa shape index (κ1) is 17.2. The summed E-state index contributed by atoms with van der Waals surface area (Å²) in [5.41, 5.74) is 3.65. The molecule has 2 amide bonds. The number of pyridine rings is 1. The molecular weight excluding hydrogens is 371 g/mol. The summed E-state index contributed by atoms with van der Waals surface area (Å²) in [5, 5.41) is 5.02. The molecule has 0 aliphatic carbocycles. The zero-order chi connectivity index (χ0) is 20.3. The van der Waals surface area contributed by atoms with Crippen molar-refractivity contribution in [2.75, 3.05) is 4.90 Å². The third-order valence-corrected chi connectivity index (χ3v) is 5.05. The molecule has 0 atom stereocenters. The molecule has 1 aliphatic rings. The predicted molar refractivity (Wildman–Crippen MR) is 106 cm³/mol. The average Bonchev–Trinajstić information content (AvgIpc) is 3.17. The molecule has 2 aromatic heterocycles. The number of rotatable bonds is 2. The van der Waals surface area contributed by atoms with Crippen LogP contribution in [0, 0.1) is 19.7 Å². The Balaban J connectivity index is 1.71. The van der Waals surface area contributed by atoms with Gasteiger partial charge in [0.25, 0.3) is 11.8 Å². The van der Waals surface area contributed by atoms with Crippen LogP contribution in [-0.2, 0) is 0 Å². The quantitative estimate of drug-likeness (QED) is 0.489. The topological polar surface area (TPSA) is 68.1 Å². The average molecular weight is 386 g/mol. The summed E-state index contributed by atoms with van der Waals surface area (Å²) >= 11 is 0. The SMILES string of the molecule is Cc1cccc(N2C(=O)c3cnc4c(c(C)nn4-c4ccc(F)cc4)c3C2=O)c1. The molecule has 2 aromatic carbocycles. The smallest absolute Gasteiger partial charge is 0.267 e. The molecule has 0 unspecified atom stereocenters. The van der Waals surface area contributed by atoms with E-state index < -0.39 is 11.8 Å². The van der Waals surface area contributed by atoms with Crippen LogP contribution in [0.3, 0.4) is 0 Å². The minimum atomic E-state index is -0.404. The number of halogens is 1. The van der Waals surface area contributed by atoms with E-state index in [2.05, 4.69) is 10.1 Å². The van der Waals surface area contributed by atoms with Gasteiger partial charge in [-0.2, -0.15) is 5.10 Å². The lowest BCUT2D eigenvalue weighted by Crippen LogP contribution is -2.29. The molecule has 1 aliphatic heterocycles. The van der Waals surface area contributed by atoms with Gasteiger partial charge in [0.1, 0.15) is 5.82 Å². The van der Waals surface area contributed by atoms with E-state index in [0.717, 1.165) is 5.56 Å². The number of amides is 2. The molecule has 0 spiro atoms. The summed E-state index contributed by atoms with van der Waals surface area (Å²) in [6, 6.07) is 13.1. The summed E-state index contributed by atoms with van der Waals surface area (Å²) < 4.78 is 14.8. The number of aromatic nitrogens is 3. The van der Waals surface area contributed by atoms with Gasteiger partial charge in [-0.15, -0.1) is 0 Å². The van der Waals surface area contributed by atoms with Crippen molar-refractivity contribution in [3.63, 3.8) is 0 Å². The number of carbonyl (C=O) groups is 2. The maximum absolute atomic E-state index is 13.3. The lowest BCUT2D eigenvalue weighted by Gasteiger charge is -2.14. The van der Waals surface area contributed by atoms with E-state index in [4.69, 9.17) is 0 Å². The van der Waals surface area contributed by atoms with Crippen molar-refractivity contribution in [2.24, 2.45) is 0 Å². The van der Waals surface area contributed by atoms with E-state index in [9.17, 15) is 14.0 Å². The Labute approximate surface area is 165 Å². The zero-order valence-electron chi connectivity index (χ0n) is 15.7. The minimum Gasteiger partial charge on any atom is -0.268 e. The van der Waals surface area contributed by atoms with Gasteiger partial charge in [-0.05, 0) is 55.8 Å². The first-order valence-electron chi connectivity index (χ1n) is 9.05. The molecule has 7 heteroatoms. The molecular formula is C22H15FN4O2. The number of nitrogens with zero attached hydrogens (tertiary/aromatic N) is 4. The number of fused-ring (bicyclic) bond motifs is 3. The molecule has 0 saturated heterocycles. The van der Waals surface area contributed by atoms with Crippen LogP contribution in [-0.4, -0.2) is 26.6 Å². The second kappa shape index (κ2) is 6.07. The van der Waals surface area contributed by atoms with Gasteiger partial charge in [0.2, 0.25) is 0 Å². The van der Waals surface area contributed by atoms with Crippen molar-refractivity contribution >= 4 is 28.5 Å². The maximum Gasteiger partial charge on any atom is 0.267 e. The van der Waals surface area contributed by atoms with Crippen LogP contribution in [0.4, 0.5) is 10.1 Å². The maximum atomic E-state index is 13.3. The Hall–Kier alpha value is -3.87. The molecule has 0 fully saturated rings. The minimum absolute atomic E-state index is 0.255. The number of hydrogen-bond donors (Lipinski definition) is 0. The van der Waals surface area contributed by atoms with Crippen LogP contribution in [0.5, 0.6) is 0 Å². The van der Waals surface area contributed by atoms with E-state index >= 15 is 0 Å². The second-order valence-electron chi connectivity index (χ2n) is 7.00. The third kappa shape index (κ3) is 2.47. The number of aryl methyl sites for hydroxylation is 2. The first-order valence-corrected chi connectivity index (χ1v) is 9.05. The predicted octanol–water partition coefficient (Wildman–Crippen LogP) is 3.98. The number of imide groups is 1. The third-order valence-electron chi connectivity index (χ3n) is 5.05. The Kier molecular flexibility index (Phi) is 3.61. The van der Waals surface area contributed by atoms with Crippen LogP contribution in [0.25, 0.3) is 16.7 Å². The Morgan fingerprint density at radius 1 is 0.931 bits per heavy atom. The van der Waals surface area contributed by atoms with E-state index in [1.54, 1.807) is 41.9 Å². The number of benzene rings is 2. The van der Waals surface area contributed by atoms with Crippen molar-refractivity contribution in [1.29, 1.82) is 0 Å². The fourth-order valence-electron chi connectivity index (χ4n) is 3.72. The van der Waals surface area contributed by atoms with E-state index in [1.165, 1.54) is 23.2 Å². The summed E-state index contributed by atoms with van der Waals surface area (Å²) in [5.74, 6) is -1.16. The number of anilines is 1. The fraction of sp³-hybridized carbons (Fsp3) is 0.0909. The molecule has 0 bridgehead atoms. The van der Waals surface area contributed by atoms with Gasteiger partial charge in [0, 0.05) is 6.20 Å². The highest BCUT2D eigenvalue weighted by Crippen LogP contribution is 2.34. The molecule has 4 aromatic rings. The molecule has 0 radical (unpaired) electrons. The Bertz CT molecular complexity index is 1320. The van der Waals surface area contributed by atoms with Crippen molar-refractivity contribution in [3.05, 3.63) is 82.9 Å². The zero-order valence-corrected chi connectivity index (χ0v) is 15.7. The van der Waals surface area contributed by atoms with E-state index in [-0.39, 0.29) is 11.4 Å². The highest BCUT2D eigenvalue weighted by molar-refractivity contribution is 6.37. The summed E-state index contributed by atoms with van der Waals surface area (Å²) in [6.45, 7) is 3.66. The van der Waals surface area contributed by atoms with Gasteiger partial charge in [0.15, 0.2) is 5.65 Å². The lowest BCUT2D eigenvalue weighted by atomic mass is 10.1. The van der Waals surface area contributed by atoms with Crippen LogP contribution in [0.15, 0.2) is 54.7 Å². The lowest BCUT2D eigenvalue weighted by molar-refractivity contribution is 0.0926. The van der Waals surface area contributed by atoms with Crippen molar-refractivity contribution in [2.45, 2.75) is 13.8 Å². The van der Waals surface area contributed by atoms with E-state index in [0.29, 0.717) is 33.7 Å². The number of hydrogen-bond acceptors (Lipinski definition) is 4. The molecule has 0 saturated carbocycles. The van der Waals surface area contributed by atoms with E-state index in [1.807, 2.05) is 13.0 Å². The Morgan fingerprint density at radius 2 is 1.69 bits per heavy atom. The largest absolute Gasteiger partial charge is 0.268 e. The molecule has 142 valence electrons. The summed E-state index contributed by atoms with van der Waals surface area (Å²) in [4.78, 5) is 31.8. The van der Waals surface area contributed by atoms with Crippen molar-refractivity contribution in [1.82, 2.24) is 14.8 Å². The number of carbonyl (C=O) groups excluding carboxylic acids is 2. The van der Waals surface area contributed by atoms with Crippen molar-refractivity contribution in [3.8, 4) is 5.69 Å². The molecule has 3 heterocycles. The van der Waals surface area contributed by atoms with Gasteiger partial charge < -0.3 is 0 Å².